The molecule has 0 amide bonds. The van der Waals surface area contributed by atoms with Crippen LogP contribution in [-0.4, -0.2) is 10.7 Å². The highest BCUT2D eigenvalue weighted by molar-refractivity contribution is 9.09. The Kier molecular flexibility index (Phi) is 5.97. The second-order valence-electron chi connectivity index (χ2n) is 4.80. The van der Waals surface area contributed by atoms with E-state index in [1.165, 1.54) is 5.56 Å². The maximum Gasteiger partial charge on any atom is 0.0624 e. The van der Waals surface area contributed by atoms with E-state index >= 15 is 0 Å². The summed E-state index contributed by atoms with van der Waals surface area (Å²) in [6, 6.07) is 16.3. The second kappa shape index (κ2) is 7.31. The monoisotopic (exact) mass is 434 g/mol. The van der Waals surface area contributed by atoms with Crippen LogP contribution in [0.5, 0.6) is 0 Å². The van der Waals surface area contributed by atoms with Crippen LogP contribution >= 0.6 is 55.1 Å². The molecule has 0 heterocycles. The zero-order valence-corrected chi connectivity index (χ0v) is 15.4. The third kappa shape index (κ3) is 3.41. The molecule has 0 aliphatic carbocycles. The number of halogens is 4. The van der Waals surface area contributed by atoms with Crippen molar-refractivity contribution in [2.75, 3.05) is 10.7 Å². The lowest BCUT2D eigenvalue weighted by atomic mass is 9.79. The van der Waals surface area contributed by atoms with Crippen molar-refractivity contribution in [1.29, 1.82) is 0 Å². The van der Waals surface area contributed by atoms with E-state index in [1.54, 1.807) is 0 Å². The summed E-state index contributed by atoms with van der Waals surface area (Å²) >= 11 is 19.8. The van der Waals surface area contributed by atoms with Crippen LogP contribution in [0.4, 0.5) is 0 Å². The van der Waals surface area contributed by atoms with E-state index in [1.807, 2.05) is 24.3 Å². The highest BCUT2D eigenvalue weighted by atomic mass is 79.9. The number of rotatable bonds is 5. The largest absolute Gasteiger partial charge is 0.0918 e. The average molecular weight is 437 g/mol. The molecule has 0 aliphatic heterocycles. The predicted molar refractivity (Wildman–Crippen MR) is 95.9 cm³/mol. The number of alkyl halides is 2. The second-order valence-corrected chi connectivity index (χ2v) is 6.71. The molecule has 0 bridgehead atoms. The fraction of sp³-hybridized carbons (Fsp3) is 0.250. The van der Waals surface area contributed by atoms with Gasteiger partial charge in [-0.3, -0.25) is 0 Å². The van der Waals surface area contributed by atoms with Crippen molar-refractivity contribution in [2.24, 2.45) is 0 Å². The SMILES string of the molecule is Clc1cccc(CC(CBr)(CBr)c2ccccc2)c1Cl. The predicted octanol–water partition coefficient (Wildman–Crippen LogP) is 6.26. The summed E-state index contributed by atoms with van der Waals surface area (Å²) in [5, 5.41) is 2.95. The zero-order chi connectivity index (χ0) is 14.6. The molecule has 2 aromatic carbocycles. The lowest BCUT2D eigenvalue weighted by molar-refractivity contribution is 0.551. The molecule has 0 fully saturated rings. The Morgan fingerprint density at radius 2 is 1.50 bits per heavy atom. The number of hydrogen-bond acceptors (Lipinski definition) is 0. The summed E-state index contributed by atoms with van der Waals surface area (Å²) in [7, 11) is 0. The third-order valence-electron chi connectivity index (χ3n) is 3.46. The van der Waals surface area contributed by atoms with Crippen LogP contribution in [0.25, 0.3) is 0 Å². The van der Waals surface area contributed by atoms with Crippen LogP contribution < -0.4 is 0 Å². The van der Waals surface area contributed by atoms with Crippen LogP contribution in [0.1, 0.15) is 11.1 Å². The molecule has 0 atom stereocenters. The molecular formula is C16H14Br2Cl2. The molecule has 0 saturated carbocycles. The van der Waals surface area contributed by atoms with Gasteiger partial charge in [0.2, 0.25) is 0 Å². The summed E-state index contributed by atoms with van der Waals surface area (Å²) in [6.07, 6.45) is 0.826. The summed E-state index contributed by atoms with van der Waals surface area (Å²) in [4.78, 5) is 0. The number of benzene rings is 2. The minimum absolute atomic E-state index is 0.0460. The van der Waals surface area contributed by atoms with Gasteiger partial charge in [0.1, 0.15) is 0 Å². The molecule has 0 N–H and O–H groups in total. The van der Waals surface area contributed by atoms with Crippen LogP contribution in [0.3, 0.4) is 0 Å². The summed E-state index contributed by atoms with van der Waals surface area (Å²) in [6.45, 7) is 0. The van der Waals surface area contributed by atoms with Gasteiger partial charge in [0.15, 0.2) is 0 Å². The van der Waals surface area contributed by atoms with Crippen LogP contribution in [0, 0.1) is 0 Å². The van der Waals surface area contributed by atoms with Crippen molar-refractivity contribution in [3.63, 3.8) is 0 Å². The molecule has 0 aromatic heterocycles. The summed E-state index contributed by atoms with van der Waals surface area (Å²) in [5.41, 5.74) is 2.31. The quantitative estimate of drug-likeness (QED) is 0.485. The Morgan fingerprint density at radius 1 is 0.850 bits per heavy atom. The van der Waals surface area contributed by atoms with Gasteiger partial charge in [-0.05, 0) is 23.6 Å². The first-order chi connectivity index (χ1) is 9.63. The molecule has 0 saturated heterocycles. The molecule has 0 spiro atoms. The fourth-order valence-corrected chi connectivity index (χ4v) is 4.59. The van der Waals surface area contributed by atoms with E-state index in [4.69, 9.17) is 23.2 Å². The molecule has 20 heavy (non-hydrogen) atoms. The summed E-state index contributed by atoms with van der Waals surface area (Å²) < 4.78 is 0. The molecule has 2 aromatic rings. The van der Waals surface area contributed by atoms with E-state index in [0.717, 1.165) is 22.6 Å². The van der Waals surface area contributed by atoms with Gasteiger partial charge < -0.3 is 0 Å². The lowest BCUT2D eigenvalue weighted by Crippen LogP contribution is -2.33. The van der Waals surface area contributed by atoms with Gasteiger partial charge in [-0.2, -0.15) is 0 Å². The molecule has 0 unspecified atom stereocenters. The van der Waals surface area contributed by atoms with Gasteiger partial charge in [0.25, 0.3) is 0 Å². The van der Waals surface area contributed by atoms with Crippen molar-refractivity contribution in [1.82, 2.24) is 0 Å². The van der Waals surface area contributed by atoms with E-state index in [2.05, 4.69) is 56.1 Å². The molecule has 0 nitrogen and oxygen atoms in total. The molecule has 4 heteroatoms. The Labute approximate surface area is 146 Å². The first-order valence-electron chi connectivity index (χ1n) is 6.23. The smallest absolute Gasteiger partial charge is 0.0624 e. The molecule has 0 aliphatic rings. The average Bonchev–Trinajstić information content (AvgIpc) is 2.50. The normalized spacial score (nSPS) is 11.6. The minimum atomic E-state index is -0.0460. The van der Waals surface area contributed by atoms with Crippen molar-refractivity contribution in [2.45, 2.75) is 11.8 Å². The molecule has 0 radical (unpaired) electrons. The van der Waals surface area contributed by atoms with Gasteiger partial charge in [-0.25, -0.2) is 0 Å². The van der Waals surface area contributed by atoms with Gasteiger partial charge in [0.05, 0.1) is 10.0 Å². The standard InChI is InChI=1S/C16H14Br2Cl2/c17-10-16(11-18,13-6-2-1-3-7-13)9-12-5-4-8-14(19)15(12)20/h1-8H,9-11H2. The van der Waals surface area contributed by atoms with Crippen molar-refractivity contribution in [3.8, 4) is 0 Å². The molecule has 2 rings (SSSR count). The molecule has 106 valence electrons. The van der Waals surface area contributed by atoms with Gasteiger partial charge in [0, 0.05) is 16.1 Å². The molecular weight excluding hydrogens is 423 g/mol. The number of hydrogen-bond donors (Lipinski definition) is 0. The fourth-order valence-electron chi connectivity index (χ4n) is 2.23. The Balaban J connectivity index is 2.42. The highest BCUT2D eigenvalue weighted by Gasteiger charge is 2.31. The Bertz CT molecular complexity index is 566. The van der Waals surface area contributed by atoms with Crippen LogP contribution in [0.2, 0.25) is 10.0 Å². The van der Waals surface area contributed by atoms with E-state index in [9.17, 15) is 0 Å². The first kappa shape index (κ1) is 16.4. The van der Waals surface area contributed by atoms with Gasteiger partial charge in [-0.1, -0.05) is 97.5 Å². The maximum absolute atomic E-state index is 6.34. The van der Waals surface area contributed by atoms with Crippen LogP contribution in [0.15, 0.2) is 48.5 Å². The topological polar surface area (TPSA) is 0 Å². The highest BCUT2D eigenvalue weighted by Crippen LogP contribution is 2.36. The van der Waals surface area contributed by atoms with E-state index < -0.39 is 0 Å². The maximum atomic E-state index is 6.34. The third-order valence-corrected chi connectivity index (χ3v) is 6.46. The van der Waals surface area contributed by atoms with Crippen molar-refractivity contribution >= 4 is 55.1 Å². The van der Waals surface area contributed by atoms with E-state index in [0.29, 0.717) is 10.0 Å². The lowest BCUT2D eigenvalue weighted by Gasteiger charge is -2.31. The van der Waals surface area contributed by atoms with Gasteiger partial charge >= 0.3 is 0 Å². The van der Waals surface area contributed by atoms with Crippen molar-refractivity contribution < 1.29 is 0 Å². The zero-order valence-electron chi connectivity index (χ0n) is 10.8. The van der Waals surface area contributed by atoms with E-state index in [-0.39, 0.29) is 5.41 Å². The summed E-state index contributed by atoms with van der Waals surface area (Å²) in [5.74, 6) is 0. The van der Waals surface area contributed by atoms with Gasteiger partial charge in [-0.15, -0.1) is 0 Å². The Morgan fingerprint density at radius 3 is 2.10 bits per heavy atom. The van der Waals surface area contributed by atoms with Crippen molar-refractivity contribution in [3.05, 3.63) is 69.7 Å². The Hall–Kier alpha value is -0.0200. The van der Waals surface area contributed by atoms with Crippen LogP contribution in [-0.2, 0) is 11.8 Å². The minimum Gasteiger partial charge on any atom is -0.0918 e. The first-order valence-corrected chi connectivity index (χ1v) is 9.23.